The normalized spacial score (nSPS) is 10.1. The summed E-state index contributed by atoms with van der Waals surface area (Å²) < 4.78 is 12.8. The van der Waals surface area contributed by atoms with Gasteiger partial charge in [-0.15, -0.1) is 11.8 Å². The smallest absolute Gasteiger partial charge is 0.248 e. The Bertz CT molecular complexity index is 680. The molecule has 0 aromatic heterocycles. The molecule has 4 nitrogen and oxygen atoms in total. The molecule has 1 amide bonds. The highest BCUT2D eigenvalue weighted by Gasteiger charge is 2.09. The van der Waals surface area contributed by atoms with E-state index in [4.69, 9.17) is 12.2 Å². The second kappa shape index (κ2) is 9.24. The number of nitrogens with zero attached hydrogens (tertiary/aromatic N) is 1. The Hall–Kier alpha value is -2.12. The second-order valence-electron chi connectivity index (χ2n) is 4.98. The number of hydrogen-bond donors (Lipinski definition) is 2. The summed E-state index contributed by atoms with van der Waals surface area (Å²) in [6.07, 6.45) is 0. The third-order valence-corrected chi connectivity index (χ3v) is 4.50. The number of halogens is 1. The van der Waals surface area contributed by atoms with E-state index in [2.05, 4.69) is 10.7 Å². The predicted octanol–water partition coefficient (Wildman–Crippen LogP) is 2.96. The van der Waals surface area contributed by atoms with Gasteiger partial charge in [0, 0.05) is 18.5 Å². The SMILES string of the molecule is CN(NC(=O)CSc1ccc(F)cc1)C(=S)NCc1ccccc1. The van der Waals surface area contributed by atoms with Crippen molar-refractivity contribution in [1.29, 1.82) is 0 Å². The van der Waals surface area contributed by atoms with Crippen molar-refractivity contribution in [3.05, 3.63) is 66.0 Å². The molecule has 0 fully saturated rings. The van der Waals surface area contributed by atoms with E-state index in [0.717, 1.165) is 10.5 Å². The molecule has 0 atom stereocenters. The molecule has 0 unspecified atom stereocenters. The van der Waals surface area contributed by atoms with E-state index >= 15 is 0 Å². The minimum Gasteiger partial charge on any atom is -0.357 e. The molecule has 126 valence electrons. The van der Waals surface area contributed by atoms with Gasteiger partial charge in [-0.2, -0.15) is 0 Å². The van der Waals surface area contributed by atoms with Crippen molar-refractivity contribution in [2.75, 3.05) is 12.8 Å². The first kappa shape index (κ1) is 18.2. The van der Waals surface area contributed by atoms with Crippen molar-refractivity contribution in [2.24, 2.45) is 0 Å². The molecule has 0 heterocycles. The minimum atomic E-state index is -0.293. The minimum absolute atomic E-state index is 0.185. The van der Waals surface area contributed by atoms with Crippen LogP contribution < -0.4 is 10.7 Å². The lowest BCUT2D eigenvalue weighted by molar-refractivity contribution is -0.121. The zero-order valence-electron chi connectivity index (χ0n) is 13.2. The average molecular weight is 363 g/mol. The number of hydrazine groups is 1. The summed E-state index contributed by atoms with van der Waals surface area (Å²) in [5, 5.41) is 4.99. The molecule has 7 heteroatoms. The van der Waals surface area contributed by atoms with Crippen LogP contribution >= 0.6 is 24.0 Å². The molecular weight excluding hydrogens is 345 g/mol. The van der Waals surface area contributed by atoms with E-state index in [1.807, 2.05) is 30.3 Å². The van der Waals surface area contributed by atoms with Gasteiger partial charge in [-0.3, -0.25) is 15.2 Å². The molecule has 2 aromatic rings. The van der Waals surface area contributed by atoms with Gasteiger partial charge in [0.25, 0.3) is 0 Å². The molecule has 0 aliphatic carbocycles. The Morgan fingerprint density at radius 3 is 2.50 bits per heavy atom. The number of benzene rings is 2. The van der Waals surface area contributed by atoms with E-state index in [9.17, 15) is 9.18 Å². The van der Waals surface area contributed by atoms with Gasteiger partial charge in [-0.05, 0) is 42.0 Å². The van der Waals surface area contributed by atoms with Crippen molar-refractivity contribution >= 4 is 35.0 Å². The van der Waals surface area contributed by atoms with Crippen LogP contribution in [-0.2, 0) is 11.3 Å². The summed E-state index contributed by atoms with van der Waals surface area (Å²) in [5.74, 6) is -0.258. The van der Waals surface area contributed by atoms with Crippen LogP contribution in [-0.4, -0.2) is 28.8 Å². The van der Waals surface area contributed by atoms with Crippen LogP contribution in [0.15, 0.2) is 59.5 Å². The van der Waals surface area contributed by atoms with Gasteiger partial charge in [0.1, 0.15) is 5.82 Å². The maximum atomic E-state index is 12.8. The Balaban J connectivity index is 1.72. The van der Waals surface area contributed by atoms with Crippen LogP contribution in [0.5, 0.6) is 0 Å². The zero-order valence-corrected chi connectivity index (χ0v) is 14.8. The lowest BCUT2D eigenvalue weighted by Crippen LogP contribution is -2.48. The molecule has 0 saturated carbocycles. The van der Waals surface area contributed by atoms with E-state index < -0.39 is 0 Å². The molecule has 0 radical (unpaired) electrons. The predicted molar refractivity (Wildman–Crippen MR) is 98.9 cm³/mol. The topological polar surface area (TPSA) is 44.4 Å². The third kappa shape index (κ3) is 6.17. The van der Waals surface area contributed by atoms with Crippen molar-refractivity contribution in [1.82, 2.24) is 15.8 Å². The van der Waals surface area contributed by atoms with Crippen molar-refractivity contribution in [2.45, 2.75) is 11.4 Å². The van der Waals surface area contributed by atoms with E-state index in [-0.39, 0.29) is 17.5 Å². The first-order valence-electron chi connectivity index (χ1n) is 7.28. The number of carbonyl (C=O) groups is 1. The first-order valence-corrected chi connectivity index (χ1v) is 8.67. The maximum Gasteiger partial charge on any atom is 0.248 e. The molecule has 0 bridgehead atoms. The Kier molecular flexibility index (Phi) is 7.02. The number of nitrogens with one attached hydrogen (secondary N) is 2. The molecule has 2 aromatic carbocycles. The highest BCUT2D eigenvalue weighted by molar-refractivity contribution is 8.00. The number of thiocarbonyl (C=S) groups is 1. The summed E-state index contributed by atoms with van der Waals surface area (Å²) in [6, 6.07) is 15.9. The van der Waals surface area contributed by atoms with Crippen LogP contribution in [0.1, 0.15) is 5.56 Å². The highest BCUT2D eigenvalue weighted by atomic mass is 32.2. The molecule has 2 rings (SSSR count). The highest BCUT2D eigenvalue weighted by Crippen LogP contribution is 2.17. The van der Waals surface area contributed by atoms with Gasteiger partial charge in [0.15, 0.2) is 5.11 Å². The first-order chi connectivity index (χ1) is 11.5. The summed E-state index contributed by atoms with van der Waals surface area (Å²) >= 11 is 6.57. The van der Waals surface area contributed by atoms with Gasteiger partial charge in [-0.1, -0.05) is 30.3 Å². The van der Waals surface area contributed by atoms with Crippen LogP contribution in [0.3, 0.4) is 0 Å². The fourth-order valence-corrected chi connectivity index (χ4v) is 2.65. The summed E-state index contributed by atoms with van der Waals surface area (Å²) in [5.41, 5.74) is 3.80. The zero-order chi connectivity index (χ0) is 17.4. The van der Waals surface area contributed by atoms with Gasteiger partial charge < -0.3 is 5.32 Å². The van der Waals surface area contributed by atoms with Gasteiger partial charge in [0.2, 0.25) is 5.91 Å². The molecule has 0 saturated heterocycles. The molecule has 2 N–H and O–H groups in total. The summed E-state index contributed by atoms with van der Waals surface area (Å²) in [6.45, 7) is 0.588. The number of rotatable bonds is 5. The number of hydrogen-bond acceptors (Lipinski definition) is 3. The van der Waals surface area contributed by atoms with Crippen molar-refractivity contribution in [3.8, 4) is 0 Å². The van der Waals surface area contributed by atoms with Crippen LogP contribution in [0.4, 0.5) is 4.39 Å². The quantitative estimate of drug-likeness (QED) is 0.486. The molecule has 24 heavy (non-hydrogen) atoms. The fourth-order valence-electron chi connectivity index (χ4n) is 1.84. The van der Waals surface area contributed by atoms with Gasteiger partial charge >= 0.3 is 0 Å². The molecule has 0 spiro atoms. The van der Waals surface area contributed by atoms with Gasteiger partial charge in [-0.25, -0.2) is 4.39 Å². The Morgan fingerprint density at radius 1 is 1.17 bits per heavy atom. The van der Waals surface area contributed by atoms with E-state index in [1.54, 1.807) is 19.2 Å². The third-order valence-electron chi connectivity index (χ3n) is 3.07. The van der Waals surface area contributed by atoms with Crippen molar-refractivity contribution < 1.29 is 9.18 Å². The maximum absolute atomic E-state index is 12.8. The van der Waals surface area contributed by atoms with Crippen LogP contribution in [0.2, 0.25) is 0 Å². The number of thioether (sulfide) groups is 1. The second-order valence-corrected chi connectivity index (χ2v) is 6.42. The van der Waals surface area contributed by atoms with E-state index in [0.29, 0.717) is 11.7 Å². The largest absolute Gasteiger partial charge is 0.357 e. The fraction of sp³-hybridized carbons (Fsp3) is 0.176. The van der Waals surface area contributed by atoms with Crippen LogP contribution in [0.25, 0.3) is 0 Å². The van der Waals surface area contributed by atoms with Gasteiger partial charge in [0.05, 0.1) is 5.75 Å². The van der Waals surface area contributed by atoms with E-state index in [1.165, 1.54) is 28.9 Å². The Labute approximate surface area is 150 Å². The molecular formula is C17H18FN3OS2. The lowest BCUT2D eigenvalue weighted by atomic mass is 10.2. The number of carbonyl (C=O) groups excluding carboxylic acids is 1. The molecule has 0 aliphatic rings. The lowest BCUT2D eigenvalue weighted by Gasteiger charge is -2.21. The number of amides is 1. The van der Waals surface area contributed by atoms with Crippen LogP contribution in [0, 0.1) is 5.82 Å². The summed E-state index contributed by atoms with van der Waals surface area (Å²) in [4.78, 5) is 12.8. The van der Waals surface area contributed by atoms with Crippen molar-refractivity contribution in [3.63, 3.8) is 0 Å². The average Bonchev–Trinajstić information content (AvgIpc) is 2.60. The monoisotopic (exact) mass is 363 g/mol. The Morgan fingerprint density at radius 2 is 1.83 bits per heavy atom. The molecule has 0 aliphatic heterocycles. The standard InChI is InChI=1S/C17H18FN3OS2/c1-21(17(23)19-11-13-5-3-2-4-6-13)20-16(22)12-24-15-9-7-14(18)8-10-15/h2-10H,11-12H2,1H3,(H,19,23)(H,20,22). The summed E-state index contributed by atoms with van der Waals surface area (Å²) in [7, 11) is 1.68.